The molecule has 122 valence electrons. The van der Waals surface area contributed by atoms with E-state index in [1.54, 1.807) is 6.33 Å². The number of nitrogens with two attached hydrogens (primary N) is 1. The number of nitrogens with zero attached hydrogens (tertiary/aromatic N) is 5. The Kier molecular flexibility index (Phi) is 3.57. The number of fused-ring (bicyclic) bond motifs is 1. The summed E-state index contributed by atoms with van der Waals surface area (Å²) in [6, 6.07) is 14.0. The van der Waals surface area contributed by atoms with Gasteiger partial charge in [0.05, 0.1) is 5.52 Å². The molecule has 2 N–H and O–H groups in total. The van der Waals surface area contributed by atoms with Crippen LogP contribution in [-0.4, -0.2) is 25.1 Å². The highest BCUT2D eigenvalue weighted by molar-refractivity contribution is 5.88. The van der Waals surface area contributed by atoms with E-state index in [1.807, 2.05) is 56.3 Å². The first-order valence-electron chi connectivity index (χ1n) is 7.91. The van der Waals surface area contributed by atoms with Crippen LogP contribution in [0.15, 0.2) is 48.8 Å². The fourth-order valence-electron chi connectivity index (χ4n) is 2.78. The minimum Gasteiger partial charge on any atom is -0.366 e. The van der Waals surface area contributed by atoms with E-state index in [9.17, 15) is 0 Å². The smallest absolute Gasteiger partial charge is 0.240 e. The van der Waals surface area contributed by atoms with Gasteiger partial charge in [-0.3, -0.25) is 0 Å². The van der Waals surface area contributed by atoms with E-state index in [4.69, 9.17) is 5.73 Å². The molecule has 0 aliphatic rings. The van der Waals surface area contributed by atoms with E-state index < -0.39 is 0 Å². The summed E-state index contributed by atoms with van der Waals surface area (Å²) < 4.78 is 0. The van der Waals surface area contributed by atoms with Crippen molar-refractivity contribution in [2.24, 2.45) is 0 Å². The molecule has 0 saturated heterocycles. The van der Waals surface area contributed by atoms with Crippen LogP contribution in [0.3, 0.4) is 0 Å². The average Bonchev–Trinajstić information content (AvgIpc) is 2.62. The van der Waals surface area contributed by atoms with E-state index in [1.165, 1.54) is 5.56 Å². The molecule has 2 aromatic heterocycles. The normalized spacial score (nSPS) is 11.0. The molecule has 0 saturated carbocycles. The fraction of sp³-hybridized carbons (Fsp3) is 0.105. The number of benzene rings is 2. The molecule has 0 fully saturated rings. The lowest BCUT2D eigenvalue weighted by Gasteiger charge is -2.09. The quantitative estimate of drug-likeness (QED) is 0.607. The Labute approximate surface area is 144 Å². The number of rotatable bonds is 2. The van der Waals surface area contributed by atoms with E-state index in [2.05, 4.69) is 25.1 Å². The maximum Gasteiger partial charge on any atom is 0.240 e. The maximum absolute atomic E-state index is 5.78. The van der Waals surface area contributed by atoms with Crippen LogP contribution in [0.4, 0.5) is 5.95 Å². The largest absolute Gasteiger partial charge is 0.366 e. The Morgan fingerprint density at radius 3 is 2.36 bits per heavy atom. The van der Waals surface area contributed by atoms with Crippen molar-refractivity contribution < 1.29 is 0 Å². The molecule has 4 aromatic rings. The van der Waals surface area contributed by atoms with E-state index in [0.29, 0.717) is 11.4 Å². The van der Waals surface area contributed by atoms with Gasteiger partial charge in [-0.05, 0) is 26.0 Å². The second kappa shape index (κ2) is 5.90. The molecule has 0 aliphatic heterocycles. The van der Waals surface area contributed by atoms with Gasteiger partial charge in [0.1, 0.15) is 17.7 Å². The lowest BCUT2D eigenvalue weighted by molar-refractivity contribution is 0.997. The van der Waals surface area contributed by atoms with Gasteiger partial charge in [-0.1, -0.05) is 35.9 Å². The molecule has 0 atom stereocenters. The first-order valence-corrected chi connectivity index (χ1v) is 7.91. The molecule has 0 aliphatic carbocycles. The van der Waals surface area contributed by atoms with Crippen molar-refractivity contribution in [2.75, 3.05) is 5.73 Å². The number of nitrogen functional groups attached to an aromatic ring is 1. The minimum atomic E-state index is 0.152. The molecule has 4 rings (SSSR count). The molecule has 6 nitrogen and oxygen atoms in total. The monoisotopic (exact) mass is 328 g/mol. The predicted molar refractivity (Wildman–Crippen MR) is 97.7 cm³/mol. The summed E-state index contributed by atoms with van der Waals surface area (Å²) in [6.07, 6.45) is 1.57. The molecule has 0 spiro atoms. The zero-order valence-corrected chi connectivity index (χ0v) is 13.9. The third-order valence-corrected chi connectivity index (χ3v) is 4.14. The highest BCUT2D eigenvalue weighted by atomic mass is 15.2. The van der Waals surface area contributed by atoms with E-state index >= 15 is 0 Å². The van der Waals surface area contributed by atoms with Crippen LogP contribution in [0.1, 0.15) is 11.3 Å². The number of hydrogen-bond donors (Lipinski definition) is 1. The maximum atomic E-state index is 5.78. The fourth-order valence-corrected chi connectivity index (χ4v) is 2.78. The van der Waals surface area contributed by atoms with Crippen molar-refractivity contribution in [1.82, 2.24) is 25.1 Å². The van der Waals surface area contributed by atoms with Crippen LogP contribution in [0.25, 0.3) is 33.4 Å². The summed E-state index contributed by atoms with van der Waals surface area (Å²) in [5.74, 6) is 0.152. The molecule has 6 heteroatoms. The van der Waals surface area contributed by atoms with Crippen LogP contribution >= 0.6 is 0 Å². The molecule has 0 unspecified atom stereocenters. The third kappa shape index (κ3) is 2.78. The van der Waals surface area contributed by atoms with Crippen LogP contribution in [0.2, 0.25) is 0 Å². The van der Waals surface area contributed by atoms with Gasteiger partial charge in [-0.25, -0.2) is 15.0 Å². The second-order valence-electron chi connectivity index (χ2n) is 5.92. The molecular weight excluding hydrogens is 312 g/mol. The summed E-state index contributed by atoms with van der Waals surface area (Å²) in [5.41, 5.74) is 12.0. The van der Waals surface area contributed by atoms with Crippen LogP contribution in [0.5, 0.6) is 0 Å². The lowest BCUT2D eigenvalue weighted by atomic mass is 10.0. The van der Waals surface area contributed by atoms with E-state index in [0.717, 1.165) is 27.7 Å². The van der Waals surface area contributed by atoms with Gasteiger partial charge in [-0.15, -0.1) is 10.2 Å². The van der Waals surface area contributed by atoms with Gasteiger partial charge in [0, 0.05) is 22.2 Å². The van der Waals surface area contributed by atoms with Gasteiger partial charge < -0.3 is 5.73 Å². The molecule has 25 heavy (non-hydrogen) atoms. The van der Waals surface area contributed by atoms with Crippen molar-refractivity contribution >= 4 is 16.9 Å². The first-order chi connectivity index (χ1) is 12.1. The molecule has 0 bridgehead atoms. The third-order valence-electron chi connectivity index (χ3n) is 4.14. The van der Waals surface area contributed by atoms with Crippen molar-refractivity contribution in [3.05, 3.63) is 60.0 Å². The van der Waals surface area contributed by atoms with E-state index in [-0.39, 0.29) is 5.95 Å². The van der Waals surface area contributed by atoms with Gasteiger partial charge in [0.25, 0.3) is 0 Å². The Morgan fingerprint density at radius 1 is 0.800 bits per heavy atom. The zero-order valence-electron chi connectivity index (χ0n) is 13.9. The van der Waals surface area contributed by atoms with Crippen molar-refractivity contribution in [3.8, 4) is 22.5 Å². The molecule has 2 aromatic carbocycles. The Bertz CT molecular complexity index is 1070. The van der Waals surface area contributed by atoms with Gasteiger partial charge in [0.2, 0.25) is 5.95 Å². The molecular formula is C19H16N6. The highest BCUT2D eigenvalue weighted by Crippen LogP contribution is 2.30. The number of hydrogen-bond acceptors (Lipinski definition) is 6. The summed E-state index contributed by atoms with van der Waals surface area (Å²) in [7, 11) is 0. The second-order valence-corrected chi connectivity index (χ2v) is 5.92. The topological polar surface area (TPSA) is 90.5 Å². The van der Waals surface area contributed by atoms with Crippen LogP contribution in [-0.2, 0) is 0 Å². The Hall–Kier alpha value is -3.41. The standard InChI is InChI=1S/C19H16N6/c1-11-3-5-13(6-4-11)17-18(24-25-19(20)23-17)14-7-8-16-15(9-14)12(2)21-10-22-16/h3-10H,1-2H3,(H2,20,23,25). The molecule has 2 heterocycles. The predicted octanol–water partition coefficient (Wildman–Crippen LogP) is 3.35. The number of anilines is 1. The summed E-state index contributed by atoms with van der Waals surface area (Å²) in [5, 5.41) is 9.23. The number of aromatic nitrogens is 5. The average molecular weight is 328 g/mol. The molecule has 0 amide bonds. The Morgan fingerprint density at radius 2 is 1.56 bits per heavy atom. The van der Waals surface area contributed by atoms with Crippen LogP contribution < -0.4 is 5.73 Å². The van der Waals surface area contributed by atoms with Crippen molar-refractivity contribution in [2.45, 2.75) is 13.8 Å². The summed E-state index contributed by atoms with van der Waals surface area (Å²) in [4.78, 5) is 13.0. The summed E-state index contributed by atoms with van der Waals surface area (Å²) in [6.45, 7) is 4.00. The van der Waals surface area contributed by atoms with Crippen molar-refractivity contribution in [1.29, 1.82) is 0 Å². The van der Waals surface area contributed by atoms with Crippen LogP contribution in [0, 0.1) is 13.8 Å². The van der Waals surface area contributed by atoms with Gasteiger partial charge >= 0.3 is 0 Å². The Balaban J connectivity index is 1.94. The minimum absolute atomic E-state index is 0.152. The number of aryl methyl sites for hydroxylation is 2. The molecule has 0 radical (unpaired) electrons. The van der Waals surface area contributed by atoms with Crippen molar-refractivity contribution in [3.63, 3.8) is 0 Å². The first kappa shape index (κ1) is 15.1. The lowest BCUT2D eigenvalue weighted by Crippen LogP contribution is -2.02. The van der Waals surface area contributed by atoms with Gasteiger partial charge in [-0.2, -0.15) is 0 Å². The summed E-state index contributed by atoms with van der Waals surface area (Å²) >= 11 is 0. The van der Waals surface area contributed by atoms with Gasteiger partial charge in [0.15, 0.2) is 0 Å². The SMILES string of the molecule is Cc1ccc(-c2nc(N)nnc2-c2ccc3ncnc(C)c3c2)cc1. The zero-order chi connectivity index (χ0) is 17.4. The highest BCUT2D eigenvalue weighted by Gasteiger charge is 2.14.